The lowest BCUT2D eigenvalue weighted by Gasteiger charge is -2.19. The van der Waals surface area contributed by atoms with Crippen LogP contribution in [-0.2, 0) is 0 Å². The number of aromatic nitrogens is 5. The third-order valence-electron chi connectivity index (χ3n) is 13.1. The Balaban J connectivity index is 1.11. The topological polar surface area (TPSA) is 61.7 Å². The van der Waals surface area contributed by atoms with E-state index in [1.54, 1.807) is 6.08 Å². The van der Waals surface area contributed by atoms with E-state index in [4.69, 9.17) is 19.4 Å². The molecule has 69 heavy (non-hydrogen) atoms. The monoisotopic (exact) mass is 883 g/mol. The standard InChI is InChI=1S/C63H41N5O/c1-2-3-4-8-25-43-38-45(63-65-61(42-23-11-6-12-24-42)64-62(66-63)44-34-35-49-48-29-17-20-33-56(48)69-57(49)40-44)39-52(41-21-9-5-10-22-41)59(43)68-54-32-19-16-30-51(54)58-55(68)37-36-50-47-28-15-18-31-53(47)67(60(50)58)46-26-13-7-14-27-46/h2-40H,1H2/b4-3-,25-8+. The van der Waals surface area contributed by atoms with E-state index in [-0.39, 0.29) is 0 Å². The van der Waals surface area contributed by atoms with Crippen molar-refractivity contribution in [3.05, 3.63) is 243 Å². The van der Waals surface area contributed by atoms with E-state index >= 15 is 0 Å². The lowest BCUT2D eigenvalue weighted by Crippen LogP contribution is -2.04. The Hall–Kier alpha value is -9.39. The molecule has 13 rings (SSSR count). The summed E-state index contributed by atoms with van der Waals surface area (Å²) in [5.74, 6) is 1.69. The van der Waals surface area contributed by atoms with Crippen LogP contribution in [0.5, 0.6) is 0 Å². The molecule has 6 nitrogen and oxygen atoms in total. The first-order valence-electron chi connectivity index (χ1n) is 23.1. The molecule has 324 valence electrons. The predicted molar refractivity (Wildman–Crippen MR) is 286 cm³/mol. The summed E-state index contributed by atoms with van der Waals surface area (Å²) in [4.78, 5) is 15.7. The smallest absolute Gasteiger partial charge is 0.164 e. The van der Waals surface area contributed by atoms with Crippen LogP contribution in [0.4, 0.5) is 0 Å². The van der Waals surface area contributed by atoms with Gasteiger partial charge in [0.2, 0.25) is 0 Å². The molecule has 0 saturated heterocycles. The van der Waals surface area contributed by atoms with Gasteiger partial charge >= 0.3 is 0 Å². The second kappa shape index (κ2) is 16.5. The molecule has 0 fully saturated rings. The Morgan fingerprint density at radius 3 is 1.75 bits per heavy atom. The Morgan fingerprint density at radius 1 is 0.406 bits per heavy atom. The molecule has 13 aromatic rings. The molecule has 0 aliphatic heterocycles. The van der Waals surface area contributed by atoms with E-state index in [1.807, 2.05) is 66.7 Å². The zero-order valence-electron chi connectivity index (χ0n) is 37.4. The molecule has 4 aromatic heterocycles. The van der Waals surface area contributed by atoms with E-state index < -0.39 is 0 Å². The van der Waals surface area contributed by atoms with Crippen molar-refractivity contribution in [3.8, 4) is 56.7 Å². The van der Waals surface area contributed by atoms with E-state index in [1.165, 1.54) is 32.6 Å². The first kappa shape index (κ1) is 39.9. The Labute approximate surface area is 397 Å². The largest absolute Gasteiger partial charge is 0.456 e. The number of nitrogens with zero attached hydrogens (tertiary/aromatic N) is 5. The molecule has 0 aliphatic rings. The van der Waals surface area contributed by atoms with Gasteiger partial charge in [0.25, 0.3) is 0 Å². The number of hydrogen-bond donors (Lipinski definition) is 0. The van der Waals surface area contributed by atoms with Crippen molar-refractivity contribution in [1.82, 2.24) is 24.1 Å². The lowest BCUT2D eigenvalue weighted by molar-refractivity contribution is 0.669. The highest BCUT2D eigenvalue weighted by Gasteiger charge is 2.25. The average molecular weight is 884 g/mol. The van der Waals surface area contributed by atoms with Gasteiger partial charge in [-0.15, -0.1) is 0 Å². The third kappa shape index (κ3) is 6.69. The van der Waals surface area contributed by atoms with Crippen LogP contribution in [0.2, 0.25) is 0 Å². The van der Waals surface area contributed by atoms with Gasteiger partial charge in [-0.25, -0.2) is 15.0 Å². The maximum atomic E-state index is 6.36. The van der Waals surface area contributed by atoms with Crippen LogP contribution in [0.15, 0.2) is 242 Å². The minimum atomic E-state index is 0.553. The van der Waals surface area contributed by atoms with Gasteiger partial charge in [-0.05, 0) is 71.8 Å². The zero-order valence-corrected chi connectivity index (χ0v) is 37.4. The summed E-state index contributed by atoms with van der Waals surface area (Å²) in [5.41, 5.74) is 14.0. The molecular formula is C63H41N5O. The van der Waals surface area contributed by atoms with Gasteiger partial charge in [0, 0.05) is 60.3 Å². The van der Waals surface area contributed by atoms with Crippen molar-refractivity contribution in [2.75, 3.05) is 0 Å². The summed E-state index contributed by atoms with van der Waals surface area (Å²) in [7, 11) is 0. The summed E-state index contributed by atoms with van der Waals surface area (Å²) >= 11 is 0. The number of hydrogen-bond acceptors (Lipinski definition) is 4. The van der Waals surface area contributed by atoms with Gasteiger partial charge in [0.1, 0.15) is 11.2 Å². The number of allylic oxidation sites excluding steroid dienone is 4. The normalized spacial score (nSPS) is 12.0. The zero-order chi connectivity index (χ0) is 45.8. The van der Waals surface area contributed by atoms with Crippen molar-refractivity contribution in [2.45, 2.75) is 0 Å². The van der Waals surface area contributed by atoms with Crippen molar-refractivity contribution in [1.29, 1.82) is 0 Å². The average Bonchev–Trinajstić information content (AvgIpc) is 4.08. The van der Waals surface area contributed by atoms with Gasteiger partial charge in [-0.3, -0.25) is 0 Å². The molecule has 0 N–H and O–H groups in total. The summed E-state index contributed by atoms with van der Waals surface area (Å²) in [6, 6.07) is 72.4. The molecule has 0 bridgehead atoms. The molecule has 0 aliphatic carbocycles. The highest BCUT2D eigenvalue weighted by atomic mass is 16.3. The summed E-state index contributed by atoms with van der Waals surface area (Å²) in [5, 5.41) is 6.89. The van der Waals surface area contributed by atoms with E-state index in [0.717, 1.165) is 77.7 Å². The first-order valence-corrected chi connectivity index (χ1v) is 23.1. The van der Waals surface area contributed by atoms with Crippen LogP contribution >= 0.6 is 0 Å². The van der Waals surface area contributed by atoms with Crippen LogP contribution in [-0.4, -0.2) is 24.1 Å². The number of fused-ring (bicyclic) bond motifs is 10. The molecule has 0 saturated carbocycles. The Kier molecular flexibility index (Phi) is 9.54. The highest BCUT2D eigenvalue weighted by molar-refractivity contribution is 6.26. The summed E-state index contributed by atoms with van der Waals surface area (Å²) in [6.07, 6.45) is 10.0. The first-order chi connectivity index (χ1) is 34.2. The van der Waals surface area contributed by atoms with Gasteiger partial charge in [0.05, 0.1) is 27.8 Å². The second-order valence-corrected chi connectivity index (χ2v) is 17.2. The van der Waals surface area contributed by atoms with Crippen molar-refractivity contribution < 1.29 is 4.42 Å². The Morgan fingerprint density at radius 2 is 1.00 bits per heavy atom. The van der Waals surface area contributed by atoms with Gasteiger partial charge < -0.3 is 13.6 Å². The molecule has 0 amide bonds. The maximum Gasteiger partial charge on any atom is 0.164 e. The summed E-state index contributed by atoms with van der Waals surface area (Å²) in [6.45, 7) is 3.95. The number of para-hydroxylation sites is 4. The van der Waals surface area contributed by atoms with Gasteiger partial charge in [0.15, 0.2) is 17.5 Å². The fourth-order valence-electron chi connectivity index (χ4n) is 10.1. The minimum absolute atomic E-state index is 0.553. The van der Waals surface area contributed by atoms with E-state index in [2.05, 4.69) is 180 Å². The summed E-state index contributed by atoms with van der Waals surface area (Å²) < 4.78 is 11.2. The van der Waals surface area contributed by atoms with Crippen LogP contribution in [0, 0.1) is 0 Å². The highest BCUT2D eigenvalue weighted by Crippen LogP contribution is 2.45. The third-order valence-corrected chi connectivity index (χ3v) is 13.1. The molecule has 0 spiro atoms. The van der Waals surface area contributed by atoms with Gasteiger partial charge in [-0.1, -0.05) is 183 Å². The van der Waals surface area contributed by atoms with Crippen molar-refractivity contribution >= 4 is 71.6 Å². The molecule has 4 heterocycles. The minimum Gasteiger partial charge on any atom is -0.456 e. The molecule has 9 aromatic carbocycles. The van der Waals surface area contributed by atoms with E-state index in [0.29, 0.717) is 17.5 Å². The molecule has 0 unspecified atom stereocenters. The Bertz CT molecular complexity index is 4200. The molecular weight excluding hydrogens is 843 g/mol. The SMILES string of the molecule is C=C/C=C\C=C\c1cc(-c2nc(-c3ccccc3)nc(-c3ccc4c(c3)oc3ccccc34)n2)cc(-c2ccccc2)c1-n1c2ccccc2c2c1ccc1c3ccccc3n(-c3ccccc3)c12. The molecule has 0 atom stereocenters. The lowest BCUT2D eigenvalue weighted by atomic mass is 9.95. The number of rotatable bonds is 9. The quantitative estimate of drug-likeness (QED) is 0.136. The fourth-order valence-corrected chi connectivity index (χ4v) is 10.1. The van der Waals surface area contributed by atoms with Crippen LogP contribution in [0.1, 0.15) is 5.56 Å². The fraction of sp³-hybridized carbons (Fsp3) is 0. The van der Waals surface area contributed by atoms with E-state index in [9.17, 15) is 0 Å². The molecule has 6 heteroatoms. The molecule has 0 radical (unpaired) electrons. The number of benzene rings is 9. The number of furan rings is 1. The van der Waals surface area contributed by atoms with Crippen LogP contribution < -0.4 is 0 Å². The van der Waals surface area contributed by atoms with Crippen molar-refractivity contribution in [3.63, 3.8) is 0 Å². The van der Waals surface area contributed by atoms with Crippen molar-refractivity contribution in [2.24, 2.45) is 0 Å². The van der Waals surface area contributed by atoms with Crippen LogP contribution in [0.25, 0.3) is 128 Å². The predicted octanol–water partition coefficient (Wildman–Crippen LogP) is 16.4. The second-order valence-electron chi connectivity index (χ2n) is 17.2. The van der Waals surface area contributed by atoms with Crippen LogP contribution in [0.3, 0.4) is 0 Å². The maximum absolute atomic E-state index is 6.36. The van der Waals surface area contributed by atoms with Gasteiger partial charge in [-0.2, -0.15) is 0 Å².